The lowest BCUT2D eigenvalue weighted by Gasteiger charge is -2.25. The monoisotopic (exact) mass is 396 g/mol. The van der Waals surface area contributed by atoms with Gasteiger partial charge in [0.25, 0.3) is 0 Å². The van der Waals surface area contributed by atoms with Gasteiger partial charge in [0, 0.05) is 31.3 Å². The summed E-state index contributed by atoms with van der Waals surface area (Å²) >= 11 is 0. The fourth-order valence-corrected chi connectivity index (χ4v) is 3.68. The number of aryl methyl sites for hydroxylation is 1. The van der Waals surface area contributed by atoms with Crippen LogP contribution >= 0.6 is 0 Å². The van der Waals surface area contributed by atoms with Gasteiger partial charge < -0.3 is 15.0 Å². The molecule has 0 amide bonds. The Morgan fingerprint density at radius 1 is 1.13 bits per heavy atom. The average molecular weight is 396 g/mol. The maximum absolute atomic E-state index is 9.86. The number of aromatic nitrogens is 6. The summed E-state index contributed by atoms with van der Waals surface area (Å²) in [6.45, 7) is 0. The van der Waals surface area contributed by atoms with Gasteiger partial charge in [-0.3, -0.25) is 0 Å². The molecule has 0 bridgehead atoms. The highest BCUT2D eigenvalue weighted by Crippen LogP contribution is 2.46. The minimum atomic E-state index is -0.436. The summed E-state index contributed by atoms with van der Waals surface area (Å²) in [5, 5.41) is 14.5. The number of imidazole rings is 1. The Labute approximate surface area is 171 Å². The van der Waals surface area contributed by atoms with E-state index in [0.717, 1.165) is 16.8 Å². The van der Waals surface area contributed by atoms with E-state index in [1.165, 1.54) is 6.33 Å². The Bertz CT molecular complexity index is 1280. The van der Waals surface area contributed by atoms with Crippen LogP contribution in [0.15, 0.2) is 73.0 Å². The summed E-state index contributed by atoms with van der Waals surface area (Å²) in [5.74, 6) is 0.129. The molecular formula is C21H16N8O. The first kappa shape index (κ1) is 17.6. The number of allylic oxidation sites excluding steroid dienone is 1. The van der Waals surface area contributed by atoms with Crippen molar-refractivity contribution in [3.05, 3.63) is 84.2 Å². The summed E-state index contributed by atoms with van der Waals surface area (Å²) in [6, 6.07) is 11.9. The molecule has 0 aliphatic carbocycles. The largest absolute Gasteiger partial charge is 0.422 e. The SMILES string of the molecule is Cn1nc(-c2ccncn2)c2c1OC(N)=C(C#N)C2c1ccc(-n2ccnc2)cc1. The van der Waals surface area contributed by atoms with E-state index in [-0.39, 0.29) is 5.88 Å². The Morgan fingerprint density at radius 2 is 1.97 bits per heavy atom. The maximum Gasteiger partial charge on any atom is 0.224 e. The second-order valence-corrected chi connectivity index (χ2v) is 6.77. The smallest absolute Gasteiger partial charge is 0.224 e. The lowest BCUT2D eigenvalue weighted by molar-refractivity contribution is 0.358. The van der Waals surface area contributed by atoms with Gasteiger partial charge in [0.05, 0.1) is 23.5 Å². The van der Waals surface area contributed by atoms with Crippen molar-refractivity contribution >= 4 is 0 Å². The number of hydrogen-bond acceptors (Lipinski definition) is 7. The Morgan fingerprint density at radius 3 is 2.63 bits per heavy atom. The third-order valence-electron chi connectivity index (χ3n) is 5.05. The van der Waals surface area contributed by atoms with Gasteiger partial charge in [-0.2, -0.15) is 10.4 Å². The molecule has 30 heavy (non-hydrogen) atoms. The molecule has 0 spiro atoms. The number of rotatable bonds is 3. The van der Waals surface area contributed by atoms with E-state index in [9.17, 15) is 5.26 Å². The third kappa shape index (κ3) is 2.70. The molecule has 1 unspecified atom stereocenters. The van der Waals surface area contributed by atoms with Crippen molar-refractivity contribution in [3.63, 3.8) is 0 Å². The van der Waals surface area contributed by atoms with Gasteiger partial charge in [-0.15, -0.1) is 0 Å². The molecule has 1 aliphatic rings. The minimum absolute atomic E-state index is 0.0749. The number of benzene rings is 1. The number of hydrogen-bond donors (Lipinski definition) is 1. The van der Waals surface area contributed by atoms with Crippen molar-refractivity contribution in [2.75, 3.05) is 0 Å². The van der Waals surface area contributed by atoms with Crippen LogP contribution in [0.1, 0.15) is 17.0 Å². The average Bonchev–Trinajstić information content (AvgIpc) is 3.42. The Balaban J connectivity index is 1.69. The summed E-state index contributed by atoms with van der Waals surface area (Å²) in [4.78, 5) is 12.4. The van der Waals surface area contributed by atoms with Gasteiger partial charge >= 0.3 is 0 Å². The first-order valence-electron chi connectivity index (χ1n) is 9.16. The third-order valence-corrected chi connectivity index (χ3v) is 5.05. The van der Waals surface area contributed by atoms with E-state index in [2.05, 4.69) is 26.1 Å². The molecular weight excluding hydrogens is 380 g/mol. The standard InChI is InChI=1S/C21H16N8O/c1-28-21-18(19(27-28)16-6-7-24-11-26-16)17(15(10-22)20(23)30-21)13-2-4-14(5-3-13)29-9-8-25-12-29/h2-9,11-12,17H,23H2,1H3. The topological polar surface area (TPSA) is 120 Å². The number of ether oxygens (including phenoxy) is 1. The first-order valence-corrected chi connectivity index (χ1v) is 9.16. The van der Waals surface area contributed by atoms with Crippen LogP contribution in [0.2, 0.25) is 0 Å². The zero-order valence-corrected chi connectivity index (χ0v) is 16.0. The summed E-state index contributed by atoms with van der Waals surface area (Å²) < 4.78 is 9.30. The minimum Gasteiger partial charge on any atom is -0.422 e. The maximum atomic E-state index is 9.86. The van der Waals surface area contributed by atoms with Gasteiger partial charge in [0.2, 0.25) is 11.8 Å². The molecule has 1 aliphatic heterocycles. The molecule has 1 aromatic carbocycles. The number of fused-ring (bicyclic) bond motifs is 1. The van der Waals surface area contributed by atoms with Crippen molar-refractivity contribution in [3.8, 4) is 29.0 Å². The summed E-state index contributed by atoms with van der Waals surface area (Å²) in [5.41, 5.74) is 10.3. The Kier molecular flexibility index (Phi) is 4.03. The van der Waals surface area contributed by atoms with Crippen molar-refractivity contribution in [1.29, 1.82) is 5.26 Å². The fraction of sp³-hybridized carbons (Fsp3) is 0.0952. The van der Waals surface area contributed by atoms with Crippen LogP contribution in [0.3, 0.4) is 0 Å². The summed E-state index contributed by atoms with van der Waals surface area (Å²) in [6.07, 6.45) is 8.43. The molecule has 9 nitrogen and oxygen atoms in total. The van der Waals surface area contributed by atoms with Gasteiger partial charge in [0.15, 0.2) is 0 Å². The highest BCUT2D eigenvalue weighted by molar-refractivity contribution is 5.68. The van der Waals surface area contributed by atoms with Crippen LogP contribution in [-0.2, 0) is 7.05 Å². The van der Waals surface area contributed by atoms with Crippen LogP contribution in [0.25, 0.3) is 17.1 Å². The van der Waals surface area contributed by atoms with E-state index in [1.54, 1.807) is 36.5 Å². The molecule has 4 aromatic rings. The molecule has 1 atom stereocenters. The van der Waals surface area contributed by atoms with Crippen LogP contribution in [0.5, 0.6) is 5.88 Å². The van der Waals surface area contributed by atoms with E-state index in [4.69, 9.17) is 10.5 Å². The van der Waals surface area contributed by atoms with Crippen molar-refractivity contribution in [2.24, 2.45) is 12.8 Å². The van der Waals surface area contributed by atoms with Crippen molar-refractivity contribution < 1.29 is 4.74 Å². The van der Waals surface area contributed by atoms with Gasteiger partial charge in [-0.1, -0.05) is 12.1 Å². The highest BCUT2D eigenvalue weighted by atomic mass is 16.5. The molecule has 0 saturated carbocycles. The molecule has 5 rings (SSSR count). The second kappa shape index (κ2) is 6.86. The highest BCUT2D eigenvalue weighted by Gasteiger charge is 2.37. The molecule has 146 valence electrons. The molecule has 3 aromatic heterocycles. The zero-order valence-electron chi connectivity index (χ0n) is 16.0. The van der Waals surface area contributed by atoms with E-state index in [1.807, 2.05) is 35.0 Å². The molecule has 9 heteroatoms. The quantitative estimate of drug-likeness (QED) is 0.564. The molecule has 0 saturated heterocycles. The number of nitrogens with zero attached hydrogens (tertiary/aromatic N) is 7. The molecule has 2 N–H and O–H groups in total. The molecule has 0 fully saturated rings. The lowest BCUT2D eigenvalue weighted by Crippen LogP contribution is -2.22. The van der Waals surface area contributed by atoms with Crippen LogP contribution in [0.4, 0.5) is 0 Å². The van der Waals surface area contributed by atoms with E-state index < -0.39 is 5.92 Å². The lowest BCUT2D eigenvalue weighted by atomic mass is 9.83. The van der Waals surface area contributed by atoms with E-state index >= 15 is 0 Å². The molecule has 0 radical (unpaired) electrons. The van der Waals surface area contributed by atoms with Crippen LogP contribution in [0, 0.1) is 11.3 Å². The van der Waals surface area contributed by atoms with Gasteiger partial charge in [-0.05, 0) is 23.8 Å². The predicted molar refractivity (Wildman–Crippen MR) is 107 cm³/mol. The second-order valence-electron chi connectivity index (χ2n) is 6.77. The molecule has 4 heterocycles. The van der Waals surface area contributed by atoms with E-state index in [0.29, 0.717) is 22.8 Å². The number of nitriles is 1. The first-order chi connectivity index (χ1) is 14.7. The van der Waals surface area contributed by atoms with Gasteiger partial charge in [-0.25, -0.2) is 19.6 Å². The van der Waals surface area contributed by atoms with Gasteiger partial charge in [0.1, 0.15) is 23.7 Å². The van der Waals surface area contributed by atoms with Crippen molar-refractivity contribution in [1.82, 2.24) is 29.3 Å². The predicted octanol–water partition coefficient (Wildman–Crippen LogP) is 2.28. The number of nitrogens with two attached hydrogens (primary N) is 1. The zero-order chi connectivity index (χ0) is 20.7. The fourth-order valence-electron chi connectivity index (χ4n) is 3.68. The Hall–Kier alpha value is -4.45. The summed E-state index contributed by atoms with van der Waals surface area (Å²) in [7, 11) is 1.77. The normalized spacial score (nSPS) is 15.4. The van der Waals surface area contributed by atoms with Crippen LogP contribution in [-0.4, -0.2) is 29.3 Å². The van der Waals surface area contributed by atoms with Crippen molar-refractivity contribution in [2.45, 2.75) is 5.92 Å². The van der Waals surface area contributed by atoms with Crippen LogP contribution < -0.4 is 10.5 Å².